The Morgan fingerprint density at radius 1 is 1.50 bits per heavy atom. The fourth-order valence-corrected chi connectivity index (χ4v) is 3.19. The maximum atomic E-state index is 13.4. The van der Waals surface area contributed by atoms with Crippen molar-refractivity contribution in [2.45, 2.75) is 10.8 Å². The molecule has 0 nitrogen and oxygen atoms in total. The largest absolute Gasteiger partial charge is 0.195 e. The maximum absolute atomic E-state index is 13.4. The number of fused-ring (bicyclic) bond motifs is 1. The molecule has 14 heavy (non-hydrogen) atoms. The Bertz CT molecular complexity index is 464. The summed E-state index contributed by atoms with van der Waals surface area (Å²) in [5.74, 6) is 0.241. The van der Waals surface area contributed by atoms with Crippen molar-refractivity contribution in [2.75, 3.05) is 6.26 Å². The van der Waals surface area contributed by atoms with Crippen LogP contribution < -0.4 is 0 Å². The number of rotatable bonds is 2. The standard InChI is InChI=1S/C10H8ClFS2/c1-13-6-2-3-7-8(5-11)10(12)14-9(7)4-6/h2-4H,5H2,1H3. The summed E-state index contributed by atoms with van der Waals surface area (Å²) in [6.45, 7) is 0. The van der Waals surface area contributed by atoms with Crippen molar-refractivity contribution in [1.82, 2.24) is 0 Å². The van der Waals surface area contributed by atoms with Gasteiger partial charge in [0, 0.05) is 15.2 Å². The minimum Gasteiger partial charge on any atom is -0.195 e. The number of thioether (sulfide) groups is 1. The first-order valence-corrected chi connectivity index (χ1v) is 6.64. The van der Waals surface area contributed by atoms with Crippen molar-refractivity contribution in [3.63, 3.8) is 0 Å². The molecule has 0 N–H and O–H groups in total. The van der Waals surface area contributed by atoms with E-state index in [1.54, 1.807) is 11.8 Å². The van der Waals surface area contributed by atoms with Crippen molar-refractivity contribution in [3.8, 4) is 0 Å². The zero-order valence-corrected chi connectivity index (χ0v) is 9.90. The molecule has 4 heteroatoms. The first-order valence-electron chi connectivity index (χ1n) is 4.07. The third-order valence-corrected chi connectivity index (χ3v) is 4.06. The minimum atomic E-state index is -0.159. The SMILES string of the molecule is CSc1ccc2c(CCl)c(F)sc2c1. The lowest BCUT2D eigenvalue weighted by atomic mass is 10.2. The highest BCUT2D eigenvalue weighted by molar-refractivity contribution is 7.98. The van der Waals surface area contributed by atoms with E-state index in [1.165, 1.54) is 11.3 Å². The number of halogens is 2. The summed E-state index contributed by atoms with van der Waals surface area (Å²) in [5.41, 5.74) is 0.624. The van der Waals surface area contributed by atoms with Gasteiger partial charge in [-0.3, -0.25) is 0 Å². The second-order valence-corrected chi connectivity index (χ2v) is 5.00. The van der Waals surface area contributed by atoms with Crippen molar-refractivity contribution >= 4 is 44.8 Å². The minimum absolute atomic E-state index is 0.159. The molecular weight excluding hydrogens is 239 g/mol. The summed E-state index contributed by atoms with van der Waals surface area (Å²) >= 11 is 8.51. The van der Waals surface area contributed by atoms with Gasteiger partial charge in [-0.2, -0.15) is 4.39 Å². The van der Waals surface area contributed by atoms with Crippen LogP contribution in [0.3, 0.4) is 0 Å². The fourth-order valence-electron chi connectivity index (χ4n) is 1.35. The van der Waals surface area contributed by atoms with E-state index in [0.717, 1.165) is 15.0 Å². The molecular formula is C10H8ClFS2. The predicted octanol–water partition coefficient (Wildman–Crippen LogP) is 4.50. The maximum Gasteiger partial charge on any atom is 0.182 e. The van der Waals surface area contributed by atoms with Gasteiger partial charge >= 0.3 is 0 Å². The third kappa shape index (κ3) is 1.64. The molecule has 2 aromatic rings. The van der Waals surface area contributed by atoms with Crippen molar-refractivity contribution in [1.29, 1.82) is 0 Å². The van der Waals surface area contributed by atoms with Crippen molar-refractivity contribution in [3.05, 3.63) is 28.9 Å². The van der Waals surface area contributed by atoms with Gasteiger partial charge in [0.2, 0.25) is 0 Å². The van der Waals surface area contributed by atoms with Gasteiger partial charge in [0.1, 0.15) is 0 Å². The van der Waals surface area contributed by atoms with E-state index >= 15 is 0 Å². The highest BCUT2D eigenvalue weighted by Crippen LogP contribution is 2.33. The first-order chi connectivity index (χ1) is 6.76. The Kier molecular flexibility index (Phi) is 3.00. The van der Waals surface area contributed by atoms with Crippen LogP contribution in [-0.2, 0) is 5.88 Å². The molecule has 1 aromatic carbocycles. The molecule has 0 unspecified atom stereocenters. The van der Waals surface area contributed by atoms with Crippen LogP contribution in [0.15, 0.2) is 23.1 Å². The topological polar surface area (TPSA) is 0 Å². The van der Waals surface area contributed by atoms with E-state index in [0.29, 0.717) is 5.56 Å². The van der Waals surface area contributed by atoms with Crippen molar-refractivity contribution < 1.29 is 4.39 Å². The zero-order chi connectivity index (χ0) is 10.1. The van der Waals surface area contributed by atoms with Gasteiger partial charge in [-0.05, 0) is 23.8 Å². The molecule has 1 heterocycles. The lowest BCUT2D eigenvalue weighted by Gasteiger charge is -1.96. The van der Waals surface area contributed by atoms with E-state index in [9.17, 15) is 4.39 Å². The summed E-state index contributed by atoms with van der Waals surface area (Å²) in [6.07, 6.45) is 2.01. The molecule has 0 amide bonds. The number of benzene rings is 1. The van der Waals surface area contributed by atoms with Gasteiger partial charge < -0.3 is 0 Å². The van der Waals surface area contributed by atoms with Crippen LogP contribution in [0.4, 0.5) is 4.39 Å². The first kappa shape index (κ1) is 10.3. The van der Waals surface area contributed by atoms with Gasteiger partial charge in [-0.1, -0.05) is 6.07 Å². The quantitative estimate of drug-likeness (QED) is 0.555. The van der Waals surface area contributed by atoms with Gasteiger partial charge in [-0.15, -0.1) is 34.7 Å². The van der Waals surface area contributed by atoms with Crippen LogP contribution in [0, 0.1) is 5.13 Å². The molecule has 0 bridgehead atoms. The molecule has 0 spiro atoms. The molecule has 0 radical (unpaired) electrons. The van der Waals surface area contributed by atoms with Crippen LogP contribution in [0.5, 0.6) is 0 Å². The number of thiophene rings is 1. The lowest BCUT2D eigenvalue weighted by Crippen LogP contribution is -1.77. The Balaban J connectivity index is 2.68. The molecule has 0 saturated carbocycles. The Morgan fingerprint density at radius 2 is 2.29 bits per heavy atom. The third-order valence-electron chi connectivity index (χ3n) is 2.08. The summed E-state index contributed by atoms with van der Waals surface area (Å²) < 4.78 is 14.3. The molecule has 0 aliphatic heterocycles. The van der Waals surface area contributed by atoms with Crippen LogP contribution in [0.25, 0.3) is 10.1 Å². The average Bonchev–Trinajstić information content (AvgIpc) is 2.51. The molecule has 0 atom stereocenters. The van der Waals surface area contributed by atoms with Crippen LogP contribution >= 0.6 is 34.7 Å². The normalized spacial score (nSPS) is 11.1. The van der Waals surface area contributed by atoms with Gasteiger partial charge in [0.25, 0.3) is 0 Å². The summed E-state index contributed by atoms with van der Waals surface area (Å²) in [5, 5.41) is 0.786. The highest BCUT2D eigenvalue weighted by Gasteiger charge is 2.10. The van der Waals surface area contributed by atoms with Gasteiger partial charge in [0.05, 0.1) is 5.88 Å². The number of hydrogen-bond donors (Lipinski definition) is 0. The lowest BCUT2D eigenvalue weighted by molar-refractivity contribution is 0.648. The van der Waals surface area contributed by atoms with E-state index < -0.39 is 0 Å². The Hall–Kier alpha value is -0.250. The van der Waals surface area contributed by atoms with Crippen LogP contribution in [0.2, 0.25) is 0 Å². The zero-order valence-electron chi connectivity index (χ0n) is 7.51. The molecule has 0 fully saturated rings. The number of hydrogen-bond acceptors (Lipinski definition) is 2. The Labute approximate surface area is 95.1 Å². The second kappa shape index (κ2) is 4.09. The molecule has 1 aromatic heterocycles. The summed E-state index contributed by atoms with van der Waals surface area (Å²) in [6, 6.07) is 5.94. The molecule has 0 aliphatic carbocycles. The summed E-state index contributed by atoms with van der Waals surface area (Å²) in [4.78, 5) is 1.15. The molecule has 2 rings (SSSR count). The van der Waals surface area contributed by atoms with E-state index in [1.807, 2.05) is 24.5 Å². The monoisotopic (exact) mass is 246 g/mol. The van der Waals surface area contributed by atoms with E-state index in [2.05, 4.69) is 0 Å². The van der Waals surface area contributed by atoms with E-state index in [-0.39, 0.29) is 11.0 Å². The number of alkyl halides is 1. The Morgan fingerprint density at radius 3 is 2.93 bits per heavy atom. The highest BCUT2D eigenvalue weighted by atomic mass is 35.5. The fraction of sp³-hybridized carbons (Fsp3) is 0.200. The van der Waals surface area contributed by atoms with Gasteiger partial charge in [0.15, 0.2) is 5.13 Å². The van der Waals surface area contributed by atoms with Crippen molar-refractivity contribution in [2.24, 2.45) is 0 Å². The smallest absolute Gasteiger partial charge is 0.182 e. The van der Waals surface area contributed by atoms with E-state index in [4.69, 9.17) is 11.6 Å². The molecule has 0 aliphatic rings. The van der Waals surface area contributed by atoms with Gasteiger partial charge in [-0.25, -0.2) is 0 Å². The molecule has 74 valence electrons. The average molecular weight is 247 g/mol. The summed E-state index contributed by atoms with van der Waals surface area (Å²) in [7, 11) is 0. The van der Waals surface area contributed by atoms with Crippen LogP contribution in [-0.4, -0.2) is 6.26 Å². The second-order valence-electron chi connectivity index (χ2n) is 2.85. The molecule has 0 saturated heterocycles. The van der Waals surface area contributed by atoms with Crippen LogP contribution in [0.1, 0.15) is 5.56 Å². The predicted molar refractivity (Wildman–Crippen MR) is 63.1 cm³/mol.